The number of carboxylic acid groups (broad SMARTS) is 1. The third-order valence-corrected chi connectivity index (χ3v) is 3.64. The first-order valence-electron chi connectivity index (χ1n) is 7.09. The molecule has 0 spiro atoms. The molecule has 1 heterocycles. The smallest absolute Gasteiger partial charge is 0.321 e. The quantitative estimate of drug-likeness (QED) is 0.877. The van der Waals surface area contributed by atoms with E-state index in [9.17, 15) is 18.7 Å². The van der Waals surface area contributed by atoms with Gasteiger partial charge >= 0.3 is 5.97 Å². The van der Waals surface area contributed by atoms with Gasteiger partial charge in [-0.05, 0) is 25.1 Å². The number of rotatable bonds is 6. The molecule has 2 rings (SSSR count). The number of likely N-dealkylation sites (tertiary alicyclic amines) is 1. The summed E-state index contributed by atoms with van der Waals surface area (Å²) in [5.41, 5.74) is 0. The molecule has 0 amide bonds. The van der Waals surface area contributed by atoms with Gasteiger partial charge in [0, 0.05) is 19.0 Å². The summed E-state index contributed by atoms with van der Waals surface area (Å²) in [5.74, 6) is -2.30. The van der Waals surface area contributed by atoms with Crippen molar-refractivity contribution in [3.8, 4) is 5.75 Å². The Hall–Kier alpha value is -1.69. The van der Waals surface area contributed by atoms with E-state index in [0.717, 1.165) is 31.0 Å². The maximum Gasteiger partial charge on any atom is 0.321 e. The molecule has 1 N–H and O–H groups in total. The largest absolute Gasteiger partial charge is 0.486 e. The SMILES string of the molecule is CCCCN1CC(Oc2cc(F)ccc2F)CC1C(=O)O. The van der Waals surface area contributed by atoms with Gasteiger partial charge in [0.05, 0.1) is 0 Å². The van der Waals surface area contributed by atoms with Gasteiger partial charge in [-0.3, -0.25) is 9.69 Å². The van der Waals surface area contributed by atoms with Crippen LogP contribution >= 0.6 is 0 Å². The van der Waals surface area contributed by atoms with Crippen LogP contribution in [-0.4, -0.2) is 41.2 Å². The lowest BCUT2D eigenvalue weighted by molar-refractivity contribution is -0.142. The molecule has 0 saturated carbocycles. The van der Waals surface area contributed by atoms with Crippen LogP contribution in [0, 0.1) is 11.6 Å². The lowest BCUT2D eigenvalue weighted by atomic mass is 10.2. The Morgan fingerprint density at radius 2 is 2.24 bits per heavy atom. The van der Waals surface area contributed by atoms with E-state index in [1.807, 2.05) is 11.8 Å². The first-order chi connectivity index (χ1) is 10.0. The lowest BCUT2D eigenvalue weighted by Gasteiger charge is -2.20. The van der Waals surface area contributed by atoms with Gasteiger partial charge in [-0.1, -0.05) is 13.3 Å². The van der Waals surface area contributed by atoms with Crippen molar-refractivity contribution in [2.24, 2.45) is 0 Å². The fraction of sp³-hybridized carbons (Fsp3) is 0.533. The van der Waals surface area contributed by atoms with Gasteiger partial charge in [0.15, 0.2) is 11.6 Å². The van der Waals surface area contributed by atoms with Crippen molar-refractivity contribution in [1.82, 2.24) is 4.90 Å². The van der Waals surface area contributed by atoms with Crippen molar-refractivity contribution >= 4 is 5.97 Å². The first kappa shape index (κ1) is 15.7. The summed E-state index contributed by atoms with van der Waals surface area (Å²) in [4.78, 5) is 13.1. The summed E-state index contributed by atoms with van der Waals surface area (Å²) in [5, 5.41) is 9.23. The van der Waals surface area contributed by atoms with E-state index in [1.54, 1.807) is 0 Å². The van der Waals surface area contributed by atoms with E-state index in [2.05, 4.69) is 0 Å². The highest BCUT2D eigenvalue weighted by molar-refractivity contribution is 5.74. The second-order valence-corrected chi connectivity index (χ2v) is 5.25. The molecule has 1 aliphatic rings. The van der Waals surface area contributed by atoms with Crippen LogP contribution in [0.4, 0.5) is 8.78 Å². The number of carbonyl (C=O) groups is 1. The number of benzene rings is 1. The molecule has 1 aromatic carbocycles. The number of aliphatic carboxylic acids is 1. The minimum Gasteiger partial charge on any atom is -0.486 e. The molecule has 0 aromatic heterocycles. The summed E-state index contributed by atoms with van der Waals surface area (Å²) < 4.78 is 32.1. The third kappa shape index (κ3) is 3.91. The second-order valence-electron chi connectivity index (χ2n) is 5.25. The predicted molar refractivity (Wildman–Crippen MR) is 73.3 cm³/mol. The molecule has 116 valence electrons. The van der Waals surface area contributed by atoms with Crippen molar-refractivity contribution in [2.75, 3.05) is 13.1 Å². The van der Waals surface area contributed by atoms with E-state index >= 15 is 0 Å². The molecule has 1 saturated heterocycles. The Bertz CT molecular complexity index is 510. The van der Waals surface area contributed by atoms with Gasteiger partial charge in [0.1, 0.15) is 18.0 Å². The summed E-state index contributed by atoms with van der Waals surface area (Å²) in [6, 6.07) is 2.38. The highest BCUT2D eigenvalue weighted by Crippen LogP contribution is 2.26. The molecule has 2 unspecified atom stereocenters. The predicted octanol–water partition coefficient (Wildman–Crippen LogP) is 2.67. The number of unbranched alkanes of at least 4 members (excludes halogenated alkanes) is 1. The van der Waals surface area contributed by atoms with Crippen LogP contribution in [0.5, 0.6) is 5.75 Å². The normalized spacial score (nSPS) is 22.4. The lowest BCUT2D eigenvalue weighted by Crippen LogP contribution is -2.36. The Balaban J connectivity index is 2.04. The number of carboxylic acids is 1. The summed E-state index contributed by atoms with van der Waals surface area (Å²) in [6.45, 7) is 3.10. The van der Waals surface area contributed by atoms with E-state index in [1.165, 1.54) is 0 Å². The molecule has 1 aliphatic heterocycles. The van der Waals surface area contributed by atoms with E-state index in [0.29, 0.717) is 13.1 Å². The molecule has 0 radical (unpaired) electrons. The average Bonchev–Trinajstić information content (AvgIpc) is 2.84. The zero-order chi connectivity index (χ0) is 15.4. The van der Waals surface area contributed by atoms with E-state index in [-0.39, 0.29) is 12.2 Å². The van der Waals surface area contributed by atoms with Crippen LogP contribution in [0.15, 0.2) is 18.2 Å². The van der Waals surface area contributed by atoms with Crippen LogP contribution in [0.1, 0.15) is 26.2 Å². The Morgan fingerprint density at radius 1 is 1.48 bits per heavy atom. The van der Waals surface area contributed by atoms with Crippen molar-refractivity contribution < 1.29 is 23.4 Å². The zero-order valence-electron chi connectivity index (χ0n) is 11.9. The van der Waals surface area contributed by atoms with Crippen LogP contribution in [0.2, 0.25) is 0 Å². The Kier molecular flexibility index (Phi) is 5.12. The highest BCUT2D eigenvalue weighted by Gasteiger charge is 2.37. The number of ether oxygens (including phenoxy) is 1. The summed E-state index contributed by atoms with van der Waals surface area (Å²) in [7, 11) is 0. The molecule has 0 bridgehead atoms. The van der Waals surface area contributed by atoms with Crippen molar-refractivity contribution in [3.63, 3.8) is 0 Å². The number of halogens is 2. The molecule has 1 aromatic rings. The van der Waals surface area contributed by atoms with Crippen molar-refractivity contribution in [1.29, 1.82) is 0 Å². The molecule has 4 nitrogen and oxygen atoms in total. The molecular weight excluding hydrogens is 280 g/mol. The van der Waals surface area contributed by atoms with E-state index in [4.69, 9.17) is 4.74 Å². The van der Waals surface area contributed by atoms with E-state index < -0.39 is 29.7 Å². The Morgan fingerprint density at radius 3 is 2.90 bits per heavy atom. The van der Waals surface area contributed by atoms with Gasteiger partial charge in [-0.25, -0.2) is 8.78 Å². The van der Waals surface area contributed by atoms with Crippen LogP contribution in [0.25, 0.3) is 0 Å². The fourth-order valence-electron chi connectivity index (χ4n) is 2.56. The average molecular weight is 299 g/mol. The number of hydrogen-bond acceptors (Lipinski definition) is 3. The van der Waals surface area contributed by atoms with Gasteiger partial charge in [-0.2, -0.15) is 0 Å². The second kappa shape index (κ2) is 6.85. The molecule has 21 heavy (non-hydrogen) atoms. The third-order valence-electron chi connectivity index (χ3n) is 3.64. The maximum absolute atomic E-state index is 13.6. The van der Waals surface area contributed by atoms with Crippen molar-refractivity contribution in [2.45, 2.75) is 38.3 Å². The van der Waals surface area contributed by atoms with Crippen LogP contribution in [-0.2, 0) is 4.79 Å². The first-order valence-corrected chi connectivity index (χ1v) is 7.09. The van der Waals surface area contributed by atoms with Gasteiger partial charge in [0.25, 0.3) is 0 Å². The standard InChI is InChI=1S/C15H19F2NO3/c1-2-3-6-18-9-11(8-13(18)15(19)20)21-14-7-10(16)4-5-12(14)17/h4-5,7,11,13H,2-3,6,8-9H2,1H3,(H,19,20). The minimum absolute atomic E-state index is 0.165. The fourth-order valence-corrected chi connectivity index (χ4v) is 2.56. The molecular formula is C15H19F2NO3. The van der Waals surface area contributed by atoms with Gasteiger partial charge < -0.3 is 9.84 Å². The van der Waals surface area contributed by atoms with Crippen LogP contribution in [0.3, 0.4) is 0 Å². The van der Waals surface area contributed by atoms with Crippen LogP contribution < -0.4 is 4.74 Å². The van der Waals surface area contributed by atoms with Gasteiger partial charge in [0.2, 0.25) is 0 Å². The minimum atomic E-state index is -0.906. The van der Waals surface area contributed by atoms with Gasteiger partial charge in [-0.15, -0.1) is 0 Å². The monoisotopic (exact) mass is 299 g/mol. The molecule has 6 heteroatoms. The summed E-state index contributed by atoms with van der Waals surface area (Å²) in [6.07, 6.45) is 1.69. The topological polar surface area (TPSA) is 49.8 Å². The maximum atomic E-state index is 13.6. The molecule has 2 atom stereocenters. The zero-order valence-corrected chi connectivity index (χ0v) is 11.9. The highest BCUT2D eigenvalue weighted by atomic mass is 19.1. The Labute approximate surface area is 122 Å². The number of hydrogen-bond donors (Lipinski definition) is 1. The van der Waals surface area contributed by atoms with Crippen molar-refractivity contribution in [3.05, 3.63) is 29.8 Å². The molecule has 0 aliphatic carbocycles. The molecule has 1 fully saturated rings. The summed E-state index contributed by atoms with van der Waals surface area (Å²) >= 11 is 0. The number of nitrogens with zero attached hydrogens (tertiary/aromatic N) is 1.